The predicted molar refractivity (Wildman–Crippen MR) is 69.9 cm³/mol. The average molecular weight is 238 g/mol. The Morgan fingerprint density at radius 2 is 2.00 bits per heavy atom. The van der Waals surface area contributed by atoms with Crippen molar-refractivity contribution in [3.05, 3.63) is 0 Å². The molecule has 0 spiro atoms. The summed E-state index contributed by atoms with van der Waals surface area (Å²) in [6, 6.07) is 0.584. The first kappa shape index (κ1) is 12.9. The molecule has 2 rings (SSSR count). The Labute approximate surface area is 105 Å². The van der Waals surface area contributed by atoms with Crippen molar-refractivity contribution in [1.82, 2.24) is 10.2 Å². The molecule has 1 heterocycles. The van der Waals surface area contributed by atoms with Gasteiger partial charge in [-0.05, 0) is 31.6 Å². The van der Waals surface area contributed by atoms with Crippen molar-refractivity contribution in [1.29, 1.82) is 0 Å². The van der Waals surface area contributed by atoms with Gasteiger partial charge < -0.3 is 10.2 Å². The van der Waals surface area contributed by atoms with Gasteiger partial charge in [-0.25, -0.2) is 0 Å². The third kappa shape index (κ3) is 3.70. The minimum Gasteiger partial charge on any atom is -0.342 e. The molecule has 1 aliphatic carbocycles. The molecule has 3 heteroatoms. The fourth-order valence-corrected chi connectivity index (χ4v) is 3.16. The summed E-state index contributed by atoms with van der Waals surface area (Å²) in [5, 5.41) is 3.47. The number of carbonyl (C=O) groups excluding carboxylic acids is 1. The maximum absolute atomic E-state index is 11.9. The summed E-state index contributed by atoms with van der Waals surface area (Å²) < 4.78 is 0. The highest BCUT2D eigenvalue weighted by Gasteiger charge is 2.22. The van der Waals surface area contributed by atoms with Crippen molar-refractivity contribution in [3.63, 3.8) is 0 Å². The molecular formula is C14H26N2O. The number of hydrogen-bond donors (Lipinski definition) is 1. The molecule has 0 aromatic heterocycles. The minimum absolute atomic E-state index is 0.307. The van der Waals surface area contributed by atoms with E-state index in [1.54, 1.807) is 0 Å². The van der Waals surface area contributed by atoms with Gasteiger partial charge in [0.05, 0.1) is 6.54 Å². The molecule has 3 nitrogen and oxygen atoms in total. The minimum atomic E-state index is 0.307. The van der Waals surface area contributed by atoms with Crippen LogP contribution in [0.5, 0.6) is 0 Å². The van der Waals surface area contributed by atoms with Crippen molar-refractivity contribution in [3.8, 4) is 0 Å². The standard InChI is InChI=1S/C14H26N2O/c1-2-12-6-5-7-13(10-12)15-11-14(17)16-8-3-4-9-16/h12-13,15H,2-11H2,1H3. The first-order chi connectivity index (χ1) is 8.29. The van der Waals surface area contributed by atoms with Crippen LogP contribution < -0.4 is 5.32 Å². The smallest absolute Gasteiger partial charge is 0.236 e. The molecule has 1 aliphatic heterocycles. The Morgan fingerprint density at radius 3 is 2.71 bits per heavy atom. The molecular weight excluding hydrogens is 212 g/mol. The Kier molecular flexibility index (Phi) is 4.84. The molecule has 2 atom stereocenters. The first-order valence-electron chi connectivity index (χ1n) is 7.30. The molecule has 0 aromatic carbocycles. The topological polar surface area (TPSA) is 32.3 Å². The Morgan fingerprint density at radius 1 is 1.24 bits per heavy atom. The van der Waals surface area contributed by atoms with Gasteiger partial charge in [0, 0.05) is 19.1 Å². The quantitative estimate of drug-likeness (QED) is 0.814. The molecule has 1 N–H and O–H groups in total. The Hall–Kier alpha value is -0.570. The van der Waals surface area contributed by atoms with E-state index in [0.29, 0.717) is 18.5 Å². The summed E-state index contributed by atoms with van der Waals surface area (Å²) in [6.07, 6.45) is 8.90. The highest BCUT2D eigenvalue weighted by molar-refractivity contribution is 5.78. The molecule has 0 bridgehead atoms. The van der Waals surface area contributed by atoms with Crippen LogP contribution in [0.25, 0.3) is 0 Å². The second-order valence-electron chi connectivity index (χ2n) is 5.61. The van der Waals surface area contributed by atoms with E-state index in [2.05, 4.69) is 12.2 Å². The van der Waals surface area contributed by atoms with Gasteiger partial charge in [-0.3, -0.25) is 4.79 Å². The molecule has 0 radical (unpaired) electrons. The summed E-state index contributed by atoms with van der Waals surface area (Å²) in [4.78, 5) is 13.9. The van der Waals surface area contributed by atoms with Crippen LogP contribution in [0.1, 0.15) is 51.9 Å². The number of carbonyl (C=O) groups is 1. The summed E-state index contributed by atoms with van der Waals surface area (Å²) in [7, 11) is 0. The van der Waals surface area contributed by atoms with Gasteiger partial charge in [0.1, 0.15) is 0 Å². The Balaban J connectivity index is 1.68. The lowest BCUT2D eigenvalue weighted by atomic mass is 9.84. The van der Waals surface area contributed by atoms with E-state index in [9.17, 15) is 4.79 Å². The largest absolute Gasteiger partial charge is 0.342 e. The average Bonchev–Trinajstić information content (AvgIpc) is 2.90. The normalized spacial score (nSPS) is 29.6. The van der Waals surface area contributed by atoms with E-state index in [4.69, 9.17) is 0 Å². The predicted octanol–water partition coefficient (Wildman–Crippen LogP) is 2.17. The van der Waals surface area contributed by atoms with Crippen LogP contribution in [0.3, 0.4) is 0 Å². The van der Waals surface area contributed by atoms with Crippen LogP contribution in [-0.4, -0.2) is 36.5 Å². The fourth-order valence-electron chi connectivity index (χ4n) is 3.16. The number of amides is 1. The highest BCUT2D eigenvalue weighted by atomic mass is 16.2. The number of rotatable bonds is 4. The van der Waals surface area contributed by atoms with Crippen LogP contribution in [0.15, 0.2) is 0 Å². The third-order valence-corrected chi connectivity index (χ3v) is 4.36. The maximum atomic E-state index is 11.9. The summed E-state index contributed by atoms with van der Waals surface area (Å²) in [6.45, 7) is 4.79. The zero-order valence-corrected chi connectivity index (χ0v) is 11.1. The van der Waals surface area contributed by atoms with E-state index >= 15 is 0 Å². The van der Waals surface area contributed by atoms with Gasteiger partial charge in [0.15, 0.2) is 0 Å². The Bertz CT molecular complexity index is 249. The second-order valence-corrected chi connectivity index (χ2v) is 5.61. The number of nitrogens with zero attached hydrogens (tertiary/aromatic N) is 1. The van der Waals surface area contributed by atoms with Crippen LogP contribution in [0, 0.1) is 5.92 Å². The van der Waals surface area contributed by atoms with Gasteiger partial charge in [-0.15, -0.1) is 0 Å². The maximum Gasteiger partial charge on any atom is 0.236 e. The van der Waals surface area contributed by atoms with E-state index in [0.717, 1.165) is 19.0 Å². The molecule has 1 saturated heterocycles. The summed E-state index contributed by atoms with van der Waals surface area (Å²) in [5.74, 6) is 1.18. The van der Waals surface area contributed by atoms with Crippen molar-refractivity contribution >= 4 is 5.91 Å². The molecule has 17 heavy (non-hydrogen) atoms. The van der Waals surface area contributed by atoms with Gasteiger partial charge in [0.25, 0.3) is 0 Å². The lowest BCUT2D eigenvalue weighted by Gasteiger charge is -2.29. The van der Waals surface area contributed by atoms with Gasteiger partial charge in [0.2, 0.25) is 5.91 Å². The lowest BCUT2D eigenvalue weighted by molar-refractivity contribution is -0.129. The van der Waals surface area contributed by atoms with Gasteiger partial charge >= 0.3 is 0 Å². The van der Waals surface area contributed by atoms with E-state index in [-0.39, 0.29) is 0 Å². The third-order valence-electron chi connectivity index (χ3n) is 4.36. The van der Waals surface area contributed by atoms with E-state index in [1.165, 1.54) is 44.9 Å². The van der Waals surface area contributed by atoms with Crippen LogP contribution in [0.4, 0.5) is 0 Å². The molecule has 1 saturated carbocycles. The molecule has 2 aliphatic rings. The fraction of sp³-hybridized carbons (Fsp3) is 0.929. The van der Waals surface area contributed by atoms with Crippen molar-refractivity contribution < 1.29 is 4.79 Å². The molecule has 2 unspecified atom stereocenters. The zero-order valence-electron chi connectivity index (χ0n) is 11.1. The lowest BCUT2D eigenvalue weighted by Crippen LogP contribution is -2.42. The van der Waals surface area contributed by atoms with Crippen molar-refractivity contribution in [2.24, 2.45) is 5.92 Å². The molecule has 1 amide bonds. The SMILES string of the molecule is CCC1CCCC(NCC(=O)N2CCCC2)C1. The number of nitrogens with one attached hydrogen (secondary N) is 1. The monoisotopic (exact) mass is 238 g/mol. The molecule has 98 valence electrons. The zero-order chi connectivity index (χ0) is 12.1. The van der Waals surface area contributed by atoms with Crippen LogP contribution in [0.2, 0.25) is 0 Å². The van der Waals surface area contributed by atoms with Crippen LogP contribution >= 0.6 is 0 Å². The summed E-state index contributed by atoms with van der Waals surface area (Å²) in [5.41, 5.74) is 0. The van der Waals surface area contributed by atoms with Gasteiger partial charge in [-0.1, -0.05) is 26.2 Å². The number of hydrogen-bond acceptors (Lipinski definition) is 2. The van der Waals surface area contributed by atoms with Gasteiger partial charge in [-0.2, -0.15) is 0 Å². The first-order valence-corrected chi connectivity index (χ1v) is 7.30. The van der Waals surface area contributed by atoms with Crippen molar-refractivity contribution in [2.45, 2.75) is 57.9 Å². The van der Waals surface area contributed by atoms with Crippen LogP contribution in [-0.2, 0) is 4.79 Å². The molecule has 0 aromatic rings. The summed E-state index contributed by atoms with van der Waals surface area (Å²) >= 11 is 0. The second kappa shape index (κ2) is 6.39. The highest BCUT2D eigenvalue weighted by Crippen LogP contribution is 2.26. The van der Waals surface area contributed by atoms with E-state index in [1.807, 2.05) is 4.90 Å². The van der Waals surface area contributed by atoms with Crippen molar-refractivity contribution in [2.75, 3.05) is 19.6 Å². The molecule has 2 fully saturated rings. The van der Waals surface area contributed by atoms with E-state index < -0.39 is 0 Å². The number of likely N-dealkylation sites (tertiary alicyclic amines) is 1.